The number of aromatic nitrogens is 4. The van der Waals surface area contributed by atoms with E-state index in [-0.39, 0.29) is 18.9 Å². The molecule has 0 bridgehead atoms. The first-order valence-corrected chi connectivity index (χ1v) is 16.2. The Morgan fingerprint density at radius 3 is 2.20 bits per heavy atom. The molecule has 12 nitrogen and oxygen atoms in total. The fourth-order valence-corrected chi connectivity index (χ4v) is 6.36. The van der Waals surface area contributed by atoms with Crippen LogP contribution < -0.4 is 9.47 Å². The van der Waals surface area contributed by atoms with E-state index in [1.165, 1.54) is 18.5 Å². The average Bonchev–Trinajstić information content (AvgIpc) is 3.77. The number of rotatable bonds is 13. The average molecular weight is 674 g/mol. The van der Waals surface area contributed by atoms with Crippen molar-refractivity contribution in [2.24, 2.45) is 0 Å². The van der Waals surface area contributed by atoms with Gasteiger partial charge in [-0.3, -0.25) is 14.7 Å². The van der Waals surface area contributed by atoms with Crippen molar-refractivity contribution in [1.29, 1.82) is 0 Å². The quantitative estimate of drug-likeness (QED) is 0.0878. The molecule has 2 aromatic heterocycles. The number of methoxy groups -OCH3 is 1. The molecule has 1 aliphatic rings. The fraction of sp³-hybridized carbons (Fsp3) is 0.237. The third-order valence-electron chi connectivity index (χ3n) is 8.94. The van der Waals surface area contributed by atoms with Gasteiger partial charge in [0.2, 0.25) is 5.88 Å². The van der Waals surface area contributed by atoms with Crippen LogP contribution in [0, 0.1) is 10.1 Å². The number of fused-ring (bicyclic) bond motifs is 1. The minimum absolute atomic E-state index is 0.0368. The fourth-order valence-electron chi connectivity index (χ4n) is 6.36. The van der Waals surface area contributed by atoms with Crippen molar-refractivity contribution in [3.05, 3.63) is 154 Å². The standard InChI is InChI=1S/C38H35N5O7/c1-47-31-18-14-29(15-19-31)38(27-8-4-2-5-9-27,28-10-6-3-7-11-28)49-23-33-32(44)22-34(50-33)42-25-41-35-36(42)39-24-40-37(35)48-21-20-26-12-16-30(17-13-26)43(45)46/h2-19,24-25,32-34,44H,20-23H2,1H3/t32-,33+,34+/m0/s1. The Balaban J connectivity index is 1.10. The van der Waals surface area contributed by atoms with Gasteiger partial charge < -0.3 is 24.1 Å². The lowest BCUT2D eigenvalue weighted by molar-refractivity contribution is -0.384. The second-order valence-corrected chi connectivity index (χ2v) is 11.9. The summed E-state index contributed by atoms with van der Waals surface area (Å²) in [6.45, 7) is 0.375. The summed E-state index contributed by atoms with van der Waals surface area (Å²) < 4.78 is 26.6. The molecular weight excluding hydrogens is 638 g/mol. The van der Waals surface area contributed by atoms with E-state index in [0.29, 0.717) is 29.9 Å². The van der Waals surface area contributed by atoms with Gasteiger partial charge in [0.25, 0.3) is 5.69 Å². The number of benzene rings is 4. The first-order valence-electron chi connectivity index (χ1n) is 16.2. The summed E-state index contributed by atoms with van der Waals surface area (Å²) in [7, 11) is 1.64. The van der Waals surface area contributed by atoms with Gasteiger partial charge >= 0.3 is 0 Å². The van der Waals surface area contributed by atoms with Gasteiger partial charge in [0.15, 0.2) is 11.2 Å². The molecule has 50 heavy (non-hydrogen) atoms. The van der Waals surface area contributed by atoms with Crippen molar-refractivity contribution >= 4 is 16.9 Å². The zero-order valence-electron chi connectivity index (χ0n) is 27.2. The van der Waals surface area contributed by atoms with Gasteiger partial charge in [-0.1, -0.05) is 84.9 Å². The molecule has 0 amide bonds. The molecule has 3 atom stereocenters. The molecule has 0 spiro atoms. The molecule has 3 heterocycles. The number of nitro benzene ring substituents is 1. The molecule has 254 valence electrons. The summed E-state index contributed by atoms with van der Waals surface area (Å²) in [6, 6.07) is 34.2. The lowest BCUT2D eigenvalue weighted by atomic mass is 9.80. The molecule has 1 N–H and O–H groups in total. The molecule has 0 radical (unpaired) electrons. The Hall–Kier alpha value is -5.69. The molecule has 7 rings (SSSR count). The predicted octanol–water partition coefficient (Wildman–Crippen LogP) is 6.02. The van der Waals surface area contributed by atoms with E-state index < -0.39 is 29.0 Å². The van der Waals surface area contributed by atoms with Crippen molar-refractivity contribution in [3.63, 3.8) is 0 Å². The molecule has 0 aliphatic carbocycles. The molecule has 6 aromatic rings. The zero-order chi connectivity index (χ0) is 34.5. The van der Waals surface area contributed by atoms with Crippen LogP contribution in [0.1, 0.15) is 34.9 Å². The highest BCUT2D eigenvalue weighted by Crippen LogP contribution is 2.42. The number of non-ortho nitro benzene ring substituents is 1. The summed E-state index contributed by atoms with van der Waals surface area (Å²) in [5.41, 5.74) is 3.64. The summed E-state index contributed by atoms with van der Waals surface area (Å²) in [6.07, 6.45) is 1.80. The van der Waals surface area contributed by atoms with Crippen molar-refractivity contribution in [1.82, 2.24) is 19.5 Å². The van der Waals surface area contributed by atoms with Gasteiger partial charge in [0.1, 0.15) is 30.0 Å². The van der Waals surface area contributed by atoms with Gasteiger partial charge in [-0.15, -0.1) is 0 Å². The Morgan fingerprint density at radius 1 is 0.900 bits per heavy atom. The monoisotopic (exact) mass is 673 g/mol. The summed E-state index contributed by atoms with van der Waals surface area (Å²) in [4.78, 5) is 23.8. The van der Waals surface area contributed by atoms with E-state index in [1.807, 2.05) is 84.9 Å². The van der Waals surface area contributed by atoms with Crippen LogP contribution in [0.3, 0.4) is 0 Å². The van der Waals surface area contributed by atoms with Crippen LogP contribution in [0.5, 0.6) is 11.6 Å². The zero-order valence-corrected chi connectivity index (χ0v) is 27.2. The summed E-state index contributed by atoms with van der Waals surface area (Å²) in [5, 5.41) is 22.2. The van der Waals surface area contributed by atoms with Crippen LogP contribution in [0.25, 0.3) is 11.2 Å². The van der Waals surface area contributed by atoms with E-state index in [9.17, 15) is 15.2 Å². The largest absolute Gasteiger partial charge is 0.497 e. The van der Waals surface area contributed by atoms with E-state index in [4.69, 9.17) is 18.9 Å². The minimum atomic E-state index is -1.01. The van der Waals surface area contributed by atoms with E-state index >= 15 is 0 Å². The molecule has 12 heteroatoms. The van der Waals surface area contributed by atoms with Crippen molar-refractivity contribution < 1.29 is 29.0 Å². The van der Waals surface area contributed by atoms with Crippen molar-refractivity contribution in [2.45, 2.75) is 36.9 Å². The number of nitrogens with zero attached hydrogens (tertiary/aromatic N) is 5. The van der Waals surface area contributed by atoms with Gasteiger partial charge in [0, 0.05) is 25.0 Å². The molecular formula is C38H35N5O7. The first-order chi connectivity index (χ1) is 24.5. The summed E-state index contributed by atoms with van der Waals surface area (Å²) in [5.74, 6) is 1.04. The lowest BCUT2D eigenvalue weighted by Gasteiger charge is -2.37. The maximum absolute atomic E-state index is 11.3. The number of hydrogen-bond acceptors (Lipinski definition) is 10. The molecule has 4 aromatic carbocycles. The second kappa shape index (κ2) is 14.4. The maximum atomic E-state index is 11.3. The van der Waals surface area contributed by atoms with Crippen molar-refractivity contribution in [2.75, 3.05) is 20.3 Å². The van der Waals surface area contributed by atoms with Crippen LogP contribution in [-0.2, 0) is 21.5 Å². The van der Waals surface area contributed by atoms with Crippen molar-refractivity contribution in [3.8, 4) is 11.6 Å². The predicted molar refractivity (Wildman–Crippen MR) is 184 cm³/mol. The Kier molecular flexibility index (Phi) is 9.47. The van der Waals surface area contributed by atoms with Crippen LogP contribution >= 0.6 is 0 Å². The normalized spacial score (nSPS) is 17.5. The summed E-state index contributed by atoms with van der Waals surface area (Å²) >= 11 is 0. The number of nitro groups is 1. The number of aliphatic hydroxyl groups excluding tert-OH is 1. The Bertz CT molecular complexity index is 2000. The number of ether oxygens (including phenoxy) is 4. The molecule has 1 fully saturated rings. The molecule has 1 saturated heterocycles. The van der Waals surface area contributed by atoms with Crippen LogP contribution in [0.4, 0.5) is 5.69 Å². The van der Waals surface area contributed by atoms with Gasteiger partial charge in [-0.2, -0.15) is 4.98 Å². The highest BCUT2D eigenvalue weighted by Gasteiger charge is 2.42. The third kappa shape index (κ3) is 6.51. The Morgan fingerprint density at radius 2 is 1.56 bits per heavy atom. The van der Waals surface area contributed by atoms with E-state index in [1.54, 1.807) is 30.1 Å². The van der Waals surface area contributed by atoms with Gasteiger partial charge in [-0.05, 0) is 34.4 Å². The number of imidazole rings is 1. The number of aliphatic hydroxyl groups is 1. The lowest BCUT2D eigenvalue weighted by Crippen LogP contribution is -2.38. The third-order valence-corrected chi connectivity index (χ3v) is 8.94. The van der Waals surface area contributed by atoms with Crippen LogP contribution in [-0.4, -0.2) is 62.1 Å². The molecule has 1 aliphatic heterocycles. The van der Waals surface area contributed by atoms with Gasteiger partial charge in [-0.25, -0.2) is 9.97 Å². The number of hydrogen-bond donors (Lipinski definition) is 1. The molecule has 0 saturated carbocycles. The first kappa shape index (κ1) is 32.8. The smallest absolute Gasteiger partial charge is 0.269 e. The van der Waals surface area contributed by atoms with Gasteiger partial charge in [0.05, 0.1) is 37.7 Å². The maximum Gasteiger partial charge on any atom is 0.269 e. The van der Waals surface area contributed by atoms with Crippen LogP contribution in [0.2, 0.25) is 0 Å². The highest BCUT2D eigenvalue weighted by atomic mass is 16.6. The molecule has 0 unspecified atom stereocenters. The van der Waals surface area contributed by atoms with E-state index in [0.717, 1.165) is 28.0 Å². The highest BCUT2D eigenvalue weighted by molar-refractivity contribution is 5.76. The van der Waals surface area contributed by atoms with Crippen LogP contribution in [0.15, 0.2) is 122 Å². The minimum Gasteiger partial charge on any atom is -0.497 e. The SMILES string of the molecule is COc1ccc(C(OC[C@H]2O[C@@H](n3cnc4c(OCCc5ccc([N+](=O)[O-])cc5)ncnc43)C[C@@H]2O)(c2ccccc2)c2ccccc2)cc1. The van der Waals surface area contributed by atoms with E-state index in [2.05, 4.69) is 15.0 Å². The Labute approximate surface area is 288 Å². The second-order valence-electron chi connectivity index (χ2n) is 11.9. The topological polar surface area (TPSA) is 144 Å².